The van der Waals surface area contributed by atoms with E-state index in [2.05, 4.69) is 0 Å². The van der Waals surface area contributed by atoms with Crippen LogP contribution in [0, 0.1) is 5.41 Å². The van der Waals surface area contributed by atoms with Gasteiger partial charge in [-0.05, 0) is 5.56 Å². The summed E-state index contributed by atoms with van der Waals surface area (Å²) in [5, 5.41) is 11.3. The molecule has 0 bridgehead atoms. The van der Waals surface area contributed by atoms with Gasteiger partial charge < -0.3 is 10.0 Å². The molecule has 2 aromatic carbocycles. The molecule has 0 aromatic heterocycles. The molecule has 3 heteroatoms. The van der Waals surface area contributed by atoms with E-state index < -0.39 is 11.1 Å². The quantitative estimate of drug-likeness (QED) is 0.944. The Morgan fingerprint density at radius 2 is 1.55 bits per heavy atom. The minimum atomic E-state index is -1.25. The summed E-state index contributed by atoms with van der Waals surface area (Å²) >= 11 is 0. The first kappa shape index (κ1) is 14.8. The Morgan fingerprint density at radius 3 is 2.14 bits per heavy atom. The number of rotatable bonds is 3. The second-order valence-corrected chi connectivity index (χ2v) is 6.62. The van der Waals surface area contributed by atoms with Gasteiger partial charge in [-0.25, -0.2) is 0 Å². The van der Waals surface area contributed by atoms with E-state index in [9.17, 15) is 9.90 Å². The summed E-state index contributed by atoms with van der Waals surface area (Å²) in [6.45, 7) is 4.21. The first-order chi connectivity index (χ1) is 10.4. The fourth-order valence-corrected chi connectivity index (χ4v) is 3.25. The number of likely N-dealkylation sites (tertiary alicyclic amines) is 1. The predicted molar refractivity (Wildman–Crippen MR) is 85.7 cm³/mol. The summed E-state index contributed by atoms with van der Waals surface area (Å²) in [7, 11) is 0. The van der Waals surface area contributed by atoms with Gasteiger partial charge in [0, 0.05) is 23.9 Å². The minimum absolute atomic E-state index is 0.0114. The van der Waals surface area contributed by atoms with Gasteiger partial charge in [0.1, 0.15) is 0 Å². The molecular weight excluding hydrogens is 274 g/mol. The monoisotopic (exact) mass is 295 g/mol. The van der Waals surface area contributed by atoms with Gasteiger partial charge in [0.2, 0.25) is 5.91 Å². The van der Waals surface area contributed by atoms with Gasteiger partial charge in [-0.3, -0.25) is 4.79 Å². The largest absolute Gasteiger partial charge is 0.367 e. The lowest BCUT2D eigenvalue weighted by atomic mass is 9.86. The van der Waals surface area contributed by atoms with Crippen LogP contribution in [0.5, 0.6) is 0 Å². The van der Waals surface area contributed by atoms with Gasteiger partial charge in [-0.15, -0.1) is 0 Å². The van der Waals surface area contributed by atoms with E-state index in [1.165, 1.54) is 0 Å². The van der Waals surface area contributed by atoms with Crippen molar-refractivity contribution in [1.82, 2.24) is 4.90 Å². The summed E-state index contributed by atoms with van der Waals surface area (Å²) in [6.07, 6.45) is 0.398. The third-order valence-corrected chi connectivity index (χ3v) is 4.38. The van der Waals surface area contributed by atoms with Crippen LogP contribution >= 0.6 is 0 Å². The molecule has 1 amide bonds. The van der Waals surface area contributed by atoms with Gasteiger partial charge in [0.15, 0.2) is 5.72 Å². The summed E-state index contributed by atoms with van der Waals surface area (Å²) in [4.78, 5) is 14.4. The molecule has 1 N–H and O–H groups in total. The SMILES string of the molecule is CC1(C)CC(O)(c2ccccc2)N(Cc2ccccc2)C1=O. The van der Waals surface area contributed by atoms with Crippen LogP contribution in [0.1, 0.15) is 31.4 Å². The topological polar surface area (TPSA) is 40.5 Å². The van der Waals surface area contributed by atoms with Crippen molar-refractivity contribution in [3.63, 3.8) is 0 Å². The van der Waals surface area contributed by atoms with E-state index in [0.29, 0.717) is 13.0 Å². The van der Waals surface area contributed by atoms with Crippen LogP contribution in [0.3, 0.4) is 0 Å². The molecule has 1 heterocycles. The second kappa shape index (κ2) is 5.25. The highest BCUT2D eigenvalue weighted by Crippen LogP contribution is 2.47. The minimum Gasteiger partial charge on any atom is -0.367 e. The summed E-state index contributed by atoms with van der Waals surface area (Å²) in [6, 6.07) is 19.3. The number of amides is 1. The fourth-order valence-electron chi connectivity index (χ4n) is 3.25. The standard InChI is InChI=1S/C19H21NO2/c1-18(2)14-19(22,16-11-7-4-8-12-16)20(17(18)21)13-15-9-5-3-6-10-15/h3-12,22H,13-14H2,1-2H3. The Balaban J connectivity index is 2.02. The van der Waals surface area contributed by atoms with Crippen LogP contribution in [-0.4, -0.2) is 15.9 Å². The molecule has 1 atom stereocenters. The smallest absolute Gasteiger partial charge is 0.231 e. The summed E-state index contributed by atoms with van der Waals surface area (Å²) in [5.41, 5.74) is -0.0374. The number of aliphatic hydroxyl groups is 1. The zero-order valence-corrected chi connectivity index (χ0v) is 13.0. The molecule has 0 saturated carbocycles. The van der Waals surface area contributed by atoms with Crippen molar-refractivity contribution >= 4 is 5.91 Å². The third-order valence-electron chi connectivity index (χ3n) is 4.38. The van der Waals surface area contributed by atoms with Gasteiger partial charge in [-0.1, -0.05) is 74.5 Å². The van der Waals surface area contributed by atoms with Crippen LogP contribution < -0.4 is 0 Å². The van der Waals surface area contributed by atoms with E-state index in [1.54, 1.807) is 4.90 Å². The van der Waals surface area contributed by atoms with Crippen molar-refractivity contribution in [2.24, 2.45) is 5.41 Å². The Bertz CT molecular complexity index is 666. The summed E-state index contributed by atoms with van der Waals surface area (Å²) in [5.74, 6) is -0.0114. The van der Waals surface area contributed by atoms with Crippen LogP contribution in [0.4, 0.5) is 0 Å². The first-order valence-electron chi connectivity index (χ1n) is 7.57. The number of hydrogen-bond donors (Lipinski definition) is 1. The van der Waals surface area contributed by atoms with Gasteiger partial charge >= 0.3 is 0 Å². The zero-order valence-electron chi connectivity index (χ0n) is 13.0. The molecule has 1 saturated heterocycles. The number of carbonyl (C=O) groups excluding carboxylic acids is 1. The maximum atomic E-state index is 12.8. The van der Waals surface area contributed by atoms with Crippen molar-refractivity contribution in [1.29, 1.82) is 0 Å². The van der Waals surface area contributed by atoms with E-state index in [1.807, 2.05) is 74.5 Å². The lowest BCUT2D eigenvalue weighted by Gasteiger charge is -2.34. The maximum absolute atomic E-state index is 12.8. The second-order valence-electron chi connectivity index (χ2n) is 6.62. The van der Waals surface area contributed by atoms with Crippen LogP contribution in [0.15, 0.2) is 60.7 Å². The van der Waals surface area contributed by atoms with Gasteiger partial charge in [-0.2, -0.15) is 0 Å². The van der Waals surface area contributed by atoms with Crippen LogP contribution in [-0.2, 0) is 17.1 Å². The fraction of sp³-hybridized carbons (Fsp3) is 0.316. The molecule has 3 rings (SSSR count). The van der Waals surface area contributed by atoms with E-state index in [0.717, 1.165) is 11.1 Å². The van der Waals surface area contributed by atoms with Gasteiger partial charge in [0.25, 0.3) is 0 Å². The number of carbonyl (C=O) groups is 1. The van der Waals surface area contributed by atoms with Crippen LogP contribution in [0.2, 0.25) is 0 Å². The first-order valence-corrected chi connectivity index (χ1v) is 7.57. The Kier molecular flexibility index (Phi) is 3.53. The Morgan fingerprint density at radius 1 is 1.00 bits per heavy atom. The molecule has 1 aliphatic heterocycles. The van der Waals surface area contributed by atoms with Crippen molar-refractivity contribution < 1.29 is 9.90 Å². The normalized spacial score (nSPS) is 23.8. The molecule has 0 aliphatic carbocycles. The van der Waals surface area contributed by atoms with E-state index in [4.69, 9.17) is 0 Å². The molecule has 1 unspecified atom stereocenters. The molecular formula is C19H21NO2. The molecule has 0 radical (unpaired) electrons. The third kappa shape index (κ3) is 2.42. The maximum Gasteiger partial charge on any atom is 0.231 e. The highest BCUT2D eigenvalue weighted by atomic mass is 16.3. The molecule has 1 fully saturated rings. The molecule has 1 aliphatic rings. The van der Waals surface area contributed by atoms with E-state index >= 15 is 0 Å². The van der Waals surface area contributed by atoms with Gasteiger partial charge in [0.05, 0.1) is 0 Å². The summed E-state index contributed by atoms with van der Waals surface area (Å²) < 4.78 is 0. The van der Waals surface area contributed by atoms with Crippen molar-refractivity contribution in [2.45, 2.75) is 32.5 Å². The molecule has 114 valence electrons. The number of benzene rings is 2. The number of hydrogen-bond acceptors (Lipinski definition) is 2. The van der Waals surface area contributed by atoms with Crippen molar-refractivity contribution in [3.05, 3.63) is 71.8 Å². The zero-order chi connectivity index (χ0) is 15.8. The Hall–Kier alpha value is -2.13. The molecule has 0 spiro atoms. The highest BCUT2D eigenvalue weighted by molar-refractivity contribution is 5.85. The molecule has 22 heavy (non-hydrogen) atoms. The average molecular weight is 295 g/mol. The van der Waals surface area contributed by atoms with Crippen molar-refractivity contribution in [3.8, 4) is 0 Å². The van der Waals surface area contributed by atoms with E-state index in [-0.39, 0.29) is 5.91 Å². The predicted octanol–water partition coefficient (Wildman–Crippen LogP) is 3.29. The Labute approximate surface area is 131 Å². The molecule has 2 aromatic rings. The highest BCUT2D eigenvalue weighted by Gasteiger charge is 2.54. The average Bonchev–Trinajstić information content (AvgIpc) is 2.70. The van der Waals surface area contributed by atoms with Crippen molar-refractivity contribution in [2.75, 3.05) is 0 Å². The van der Waals surface area contributed by atoms with Crippen LogP contribution in [0.25, 0.3) is 0 Å². The number of nitrogens with zero attached hydrogens (tertiary/aromatic N) is 1. The lowest BCUT2D eigenvalue weighted by Crippen LogP contribution is -2.43. The lowest BCUT2D eigenvalue weighted by molar-refractivity contribution is -0.150. The molecule has 3 nitrogen and oxygen atoms in total.